The lowest BCUT2D eigenvalue weighted by Gasteiger charge is -2.14. The van der Waals surface area contributed by atoms with E-state index < -0.39 is 6.10 Å². The van der Waals surface area contributed by atoms with Crippen LogP contribution < -0.4 is 10.1 Å². The fourth-order valence-corrected chi connectivity index (χ4v) is 3.25. The maximum Gasteiger partial charge on any atom is 0.138 e. The van der Waals surface area contributed by atoms with Gasteiger partial charge < -0.3 is 19.9 Å². The maximum absolute atomic E-state index is 9.57. The molecule has 1 rings (SSSR count). The summed E-state index contributed by atoms with van der Waals surface area (Å²) in [5, 5.41) is 12.9. The Morgan fingerprint density at radius 2 is 2.10 bits per heavy atom. The molecule has 0 aliphatic carbocycles. The van der Waals surface area contributed by atoms with E-state index in [1.807, 2.05) is 19.1 Å². The molecule has 0 aliphatic rings. The van der Waals surface area contributed by atoms with Crippen molar-refractivity contribution in [1.82, 2.24) is 5.32 Å². The molecule has 0 aliphatic heterocycles. The summed E-state index contributed by atoms with van der Waals surface area (Å²) in [7, 11) is 1.59. The van der Waals surface area contributed by atoms with E-state index in [1.54, 1.807) is 7.11 Å². The Bertz CT molecular complexity index is 416. The second kappa shape index (κ2) is 9.73. The molecule has 1 atom stereocenters. The zero-order valence-corrected chi connectivity index (χ0v) is 15.0. The van der Waals surface area contributed by atoms with Gasteiger partial charge in [-0.15, -0.1) is 0 Å². The van der Waals surface area contributed by atoms with Crippen LogP contribution in [0.3, 0.4) is 0 Å². The molecule has 114 valence electrons. The van der Waals surface area contributed by atoms with Gasteiger partial charge in [-0.25, -0.2) is 0 Å². The van der Waals surface area contributed by atoms with Crippen LogP contribution in [0.25, 0.3) is 0 Å². The third-order valence-electron chi connectivity index (χ3n) is 2.70. The van der Waals surface area contributed by atoms with Crippen molar-refractivity contribution < 1.29 is 14.6 Å². The van der Waals surface area contributed by atoms with Crippen molar-refractivity contribution >= 4 is 31.9 Å². The number of halogens is 2. The predicted octanol–water partition coefficient (Wildman–Crippen LogP) is 3.10. The first-order chi connectivity index (χ1) is 9.58. The zero-order chi connectivity index (χ0) is 15.0. The van der Waals surface area contributed by atoms with Crippen LogP contribution in [0.1, 0.15) is 18.9 Å². The second-order valence-electron chi connectivity index (χ2n) is 4.38. The van der Waals surface area contributed by atoms with E-state index in [4.69, 9.17) is 9.47 Å². The lowest BCUT2D eigenvalue weighted by molar-refractivity contribution is 0.0594. The Morgan fingerprint density at radius 1 is 1.35 bits per heavy atom. The Morgan fingerprint density at radius 3 is 2.75 bits per heavy atom. The van der Waals surface area contributed by atoms with E-state index in [-0.39, 0.29) is 0 Å². The highest BCUT2D eigenvalue weighted by Crippen LogP contribution is 2.32. The lowest BCUT2D eigenvalue weighted by atomic mass is 10.2. The number of aliphatic hydroxyl groups excluding tert-OH is 1. The van der Waals surface area contributed by atoms with Crippen LogP contribution in [0.2, 0.25) is 0 Å². The van der Waals surface area contributed by atoms with E-state index in [2.05, 4.69) is 37.2 Å². The number of benzene rings is 1. The van der Waals surface area contributed by atoms with Crippen molar-refractivity contribution in [3.05, 3.63) is 26.6 Å². The average Bonchev–Trinajstić information content (AvgIpc) is 2.38. The number of ether oxygens (including phenoxy) is 2. The summed E-state index contributed by atoms with van der Waals surface area (Å²) in [6.07, 6.45) is 0.237. The van der Waals surface area contributed by atoms with Gasteiger partial charge >= 0.3 is 0 Å². The summed E-state index contributed by atoms with van der Waals surface area (Å²) in [6.45, 7) is 4.37. The minimum absolute atomic E-state index is 0.369. The van der Waals surface area contributed by atoms with Crippen molar-refractivity contribution in [3.63, 3.8) is 0 Å². The maximum atomic E-state index is 9.57. The smallest absolute Gasteiger partial charge is 0.138 e. The van der Waals surface area contributed by atoms with Crippen molar-refractivity contribution in [2.45, 2.75) is 26.0 Å². The van der Waals surface area contributed by atoms with Crippen LogP contribution in [0.5, 0.6) is 5.75 Å². The normalized spacial score (nSPS) is 12.4. The zero-order valence-electron chi connectivity index (χ0n) is 11.8. The minimum Gasteiger partial charge on any atom is -0.492 e. The number of nitrogens with one attached hydrogen (secondary N) is 1. The SMILES string of the molecule is CCOc1c(Br)cc(Br)cc1CNCCC(O)COC. The highest BCUT2D eigenvalue weighted by molar-refractivity contribution is 9.11. The Kier molecular flexibility index (Phi) is 8.72. The molecule has 1 aromatic carbocycles. The molecule has 0 heterocycles. The molecule has 0 fully saturated rings. The lowest BCUT2D eigenvalue weighted by Crippen LogP contribution is -2.23. The molecule has 0 amide bonds. The van der Waals surface area contributed by atoms with Crippen LogP contribution in [-0.4, -0.2) is 38.1 Å². The first kappa shape index (κ1) is 17.9. The van der Waals surface area contributed by atoms with Crippen molar-refractivity contribution in [2.24, 2.45) is 0 Å². The van der Waals surface area contributed by atoms with Gasteiger partial charge in [-0.3, -0.25) is 0 Å². The van der Waals surface area contributed by atoms with Gasteiger partial charge in [-0.1, -0.05) is 15.9 Å². The topological polar surface area (TPSA) is 50.7 Å². The average molecular weight is 411 g/mol. The molecule has 0 saturated heterocycles. The largest absolute Gasteiger partial charge is 0.492 e. The van der Waals surface area contributed by atoms with Crippen LogP contribution in [0, 0.1) is 0 Å². The first-order valence-electron chi connectivity index (χ1n) is 6.56. The van der Waals surface area contributed by atoms with E-state index in [0.29, 0.717) is 26.2 Å². The molecule has 4 nitrogen and oxygen atoms in total. The summed E-state index contributed by atoms with van der Waals surface area (Å²) in [5.41, 5.74) is 1.08. The van der Waals surface area contributed by atoms with Gasteiger partial charge in [0.1, 0.15) is 5.75 Å². The molecule has 6 heteroatoms. The third-order valence-corrected chi connectivity index (χ3v) is 3.75. The van der Waals surface area contributed by atoms with Gasteiger partial charge in [0.25, 0.3) is 0 Å². The number of rotatable bonds is 9. The fourth-order valence-electron chi connectivity index (χ4n) is 1.82. The standard InChI is InChI=1S/C14H21Br2NO3/c1-3-20-14-10(6-11(15)7-13(14)16)8-17-5-4-12(18)9-19-2/h6-7,12,17-18H,3-5,8-9H2,1-2H3. The predicted molar refractivity (Wildman–Crippen MR) is 87.2 cm³/mol. The second-order valence-corrected chi connectivity index (χ2v) is 6.15. The Hall–Kier alpha value is -0.140. The first-order valence-corrected chi connectivity index (χ1v) is 8.15. The summed E-state index contributed by atoms with van der Waals surface area (Å²) >= 11 is 6.99. The quantitative estimate of drug-likeness (QED) is 0.614. The highest BCUT2D eigenvalue weighted by atomic mass is 79.9. The third kappa shape index (κ3) is 6.10. The minimum atomic E-state index is -0.423. The molecule has 2 N–H and O–H groups in total. The Balaban J connectivity index is 2.54. The van der Waals surface area contributed by atoms with E-state index in [1.165, 1.54) is 0 Å². The van der Waals surface area contributed by atoms with Crippen molar-refractivity contribution in [3.8, 4) is 5.75 Å². The highest BCUT2D eigenvalue weighted by Gasteiger charge is 2.10. The molecule has 20 heavy (non-hydrogen) atoms. The number of methoxy groups -OCH3 is 1. The molecule has 0 radical (unpaired) electrons. The molecule has 0 spiro atoms. The summed E-state index contributed by atoms with van der Waals surface area (Å²) in [4.78, 5) is 0. The van der Waals surface area contributed by atoms with Crippen molar-refractivity contribution in [1.29, 1.82) is 0 Å². The van der Waals surface area contributed by atoms with Crippen LogP contribution >= 0.6 is 31.9 Å². The number of hydrogen-bond acceptors (Lipinski definition) is 4. The summed E-state index contributed by atoms with van der Waals surface area (Å²) in [6, 6.07) is 4.01. The van der Waals surface area contributed by atoms with Gasteiger partial charge in [0, 0.05) is 23.7 Å². The molecule has 0 aromatic heterocycles. The molecule has 1 unspecified atom stereocenters. The monoisotopic (exact) mass is 409 g/mol. The molecular weight excluding hydrogens is 390 g/mol. The molecular formula is C14H21Br2NO3. The van der Waals surface area contributed by atoms with Gasteiger partial charge in [-0.05, 0) is 48.0 Å². The van der Waals surface area contributed by atoms with Gasteiger partial charge in [-0.2, -0.15) is 0 Å². The van der Waals surface area contributed by atoms with Crippen molar-refractivity contribution in [2.75, 3.05) is 26.9 Å². The van der Waals surface area contributed by atoms with Gasteiger partial charge in [0.2, 0.25) is 0 Å². The number of aliphatic hydroxyl groups is 1. The molecule has 0 bridgehead atoms. The van der Waals surface area contributed by atoms with Gasteiger partial charge in [0.15, 0.2) is 0 Å². The summed E-state index contributed by atoms with van der Waals surface area (Å²) in [5.74, 6) is 0.862. The van der Waals surface area contributed by atoms with Crippen LogP contribution in [0.4, 0.5) is 0 Å². The fraction of sp³-hybridized carbons (Fsp3) is 0.571. The van der Waals surface area contributed by atoms with E-state index >= 15 is 0 Å². The van der Waals surface area contributed by atoms with Crippen LogP contribution in [0.15, 0.2) is 21.1 Å². The molecule has 0 saturated carbocycles. The molecule has 1 aromatic rings. The van der Waals surface area contributed by atoms with Crippen LogP contribution in [-0.2, 0) is 11.3 Å². The van der Waals surface area contributed by atoms with E-state index in [0.717, 1.165) is 26.8 Å². The number of hydrogen-bond donors (Lipinski definition) is 2. The van der Waals surface area contributed by atoms with Gasteiger partial charge in [0.05, 0.1) is 23.8 Å². The summed E-state index contributed by atoms with van der Waals surface area (Å²) < 4.78 is 12.5. The van der Waals surface area contributed by atoms with E-state index in [9.17, 15) is 5.11 Å². The Labute approximate surface area is 137 Å².